The Labute approximate surface area is 172 Å². The quantitative estimate of drug-likeness (QED) is 0.477. The summed E-state index contributed by atoms with van der Waals surface area (Å²) in [5.74, 6) is -1.54. The maximum atomic E-state index is 12.3. The Morgan fingerprint density at radius 3 is 1.72 bits per heavy atom. The molecule has 2 aromatic carbocycles. The Morgan fingerprint density at radius 1 is 0.862 bits per heavy atom. The zero-order chi connectivity index (χ0) is 20.6. The molecule has 1 aliphatic rings. The van der Waals surface area contributed by atoms with E-state index in [0.29, 0.717) is 6.42 Å². The Bertz CT molecular complexity index is 730. The fourth-order valence-corrected chi connectivity index (χ4v) is 3.96. The molecule has 0 bridgehead atoms. The molecule has 1 fully saturated rings. The molecule has 154 valence electrons. The number of carbonyl (C=O) groups is 2. The molecule has 29 heavy (non-hydrogen) atoms. The number of carbonyl (C=O) groups excluding carboxylic acids is 2. The van der Waals surface area contributed by atoms with E-state index >= 15 is 0 Å². The minimum atomic E-state index is -0.839. The Kier molecular flexibility index (Phi) is 7.42. The van der Waals surface area contributed by atoms with E-state index in [9.17, 15) is 9.59 Å². The minimum Gasteiger partial charge on any atom is -0.465 e. The Morgan fingerprint density at radius 2 is 1.31 bits per heavy atom. The average molecular weight is 395 g/mol. The van der Waals surface area contributed by atoms with Gasteiger partial charge < -0.3 is 9.47 Å². The highest BCUT2D eigenvalue weighted by Crippen LogP contribution is 2.36. The lowest BCUT2D eigenvalue weighted by Crippen LogP contribution is -2.50. The van der Waals surface area contributed by atoms with Crippen molar-refractivity contribution < 1.29 is 19.1 Å². The van der Waals surface area contributed by atoms with Gasteiger partial charge in [-0.15, -0.1) is 0 Å². The summed E-state index contributed by atoms with van der Waals surface area (Å²) in [6.07, 6.45) is 0.463. The van der Waals surface area contributed by atoms with Gasteiger partial charge in [-0.25, -0.2) is 0 Å². The number of rotatable bonds is 9. The number of nitrogens with zero attached hydrogens (tertiary/aromatic N) is 1. The summed E-state index contributed by atoms with van der Waals surface area (Å²) in [5.41, 5.74) is 2.48. The van der Waals surface area contributed by atoms with Crippen molar-refractivity contribution in [2.75, 3.05) is 26.3 Å². The van der Waals surface area contributed by atoms with E-state index in [1.807, 2.05) is 12.1 Å². The molecule has 2 aromatic rings. The van der Waals surface area contributed by atoms with Crippen molar-refractivity contribution in [2.24, 2.45) is 11.8 Å². The third-order valence-electron chi connectivity index (χ3n) is 5.29. The molecule has 0 aromatic heterocycles. The highest BCUT2D eigenvalue weighted by molar-refractivity contribution is 5.94. The summed E-state index contributed by atoms with van der Waals surface area (Å²) >= 11 is 0. The van der Waals surface area contributed by atoms with Crippen LogP contribution in [-0.2, 0) is 19.1 Å². The highest BCUT2D eigenvalue weighted by atomic mass is 16.6. The SMILES string of the molecule is CCOC(=O)C(CC1CN(C(c2ccccc2)c2ccccc2)C1)C(=O)OCC. The third-order valence-corrected chi connectivity index (χ3v) is 5.29. The molecular formula is C24H29NO4. The molecule has 5 heteroatoms. The van der Waals surface area contributed by atoms with Gasteiger partial charge in [0, 0.05) is 13.1 Å². The molecule has 0 radical (unpaired) electrons. The lowest BCUT2D eigenvalue weighted by molar-refractivity contribution is -0.163. The second-order valence-corrected chi connectivity index (χ2v) is 7.34. The number of hydrogen-bond donors (Lipinski definition) is 0. The molecule has 5 nitrogen and oxygen atoms in total. The van der Waals surface area contributed by atoms with Crippen LogP contribution in [0, 0.1) is 11.8 Å². The smallest absolute Gasteiger partial charge is 0.320 e. The van der Waals surface area contributed by atoms with Gasteiger partial charge in [0.1, 0.15) is 0 Å². The van der Waals surface area contributed by atoms with Gasteiger partial charge in [0.15, 0.2) is 5.92 Å². The average Bonchev–Trinajstić information content (AvgIpc) is 2.71. The van der Waals surface area contributed by atoms with E-state index < -0.39 is 17.9 Å². The maximum absolute atomic E-state index is 12.3. The second-order valence-electron chi connectivity index (χ2n) is 7.34. The lowest BCUT2D eigenvalue weighted by atomic mass is 9.85. The van der Waals surface area contributed by atoms with Crippen LogP contribution in [0.1, 0.15) is 37.4 Å². The van der Waals surface area contributed by atoms with Gasteiger partial charge in [-0.2, -0.15) is 0 Å². The van der Waals surface area contributed by atoms with E-state index in [2.05, 4.69) is 53.4 Å². The van der Waals surface area contributed by atoms with Crippen molar-refractivity contribution in [3.63, 3.8) is 0 Å². The normalized spacial score (nSPS) is 14.6. The topological polar surface area (TPSA) is 55.8 Å². The van der Waals surface area contributed by atoms with E-state index in [1.54, 1.807) is 13.8 Å². The molecule has 1 aliphatic heterocycles. The fourth-order valence-electron chi connectivity index (χ4n) is 3.96. The standard InChI is InChI=1S/C24H29NO4/c1-3-28-23(26)21(24(27)29-4-2)15-18-16-25(17-18)22(19-11-7-5-8-12-19)20-13-9-6-10-14-20/h5-14,18,21-22H,3-4,15-17H2,1-2H3. The first-order valence-corrected chi connectivity index (χ1v) is 10.3. The van der Waals surface area contributed by atoms with Crippen LogP contribution in [-0.4, -0.2) is 43.1 Å². The highest BCUT2D eigenvalue weighted by Gasteiger charge is 2.39. The van der Waals surface area contributed by atoms with Crippen molar-refractivity contribution in [1.82, 2.24) is 4.90 Å². The summed E-state index contributed by atoms with van der Waals surface area (Å²) in [6.45, 7) is 5.66. The van der Waals surface area contributed by atoms with Crippen LogP contribution in [0.5, 0.6) is 0 Å². The summed E-state index contributed by atoms with van der Waals surface area (Å²) in [5, 5.41) is 0. The predicted octanol–water partition coefficient (Wildman–Crippen LogP) is 3.84. The van der Waals surface area contributed by atoms with Crippen molar-refractivity contribution >= 4 is 11.9 Å². The lowest BCUT2D eigenvalue weighted by Gasteiger charge is -2.45. The molecule has 0 amide bonds. The van der Waals surface area contributed by atoms with Gasteiger partial charge >= 0.3 is 11.9 Å². The molecule has 1 heterocycles. The van der Waals surface area contributed by atoms with Crippen molar-refractivity contribution in [3.8, 4) is 0 Å². The van der Waals surface area contributed by atoms with Crippen LogP contribution >= 0.6 is 0 Å². The van der Waals surface area contributed by atoms with Crippen LogP contribution in [0.2, 0.25) is 0 Å². The maximum Gasteiger partial charge on any atom is 0.320 e. The molecule has 1 saturated heterocycles. The van der Waals surface area contributed by atoms with Crippen LogP contribution in [0.25, 0.3) is 0 Å². The van der Waals surface area contributed by atoms with Crippen molar-refractivity contribution in [1.29, 1.82) is 0 Å². The summed E-state index contributed by atoms with van der Waals surface area (Å²) in [6, 6.07) is 21.0. The number of likely N-dealkylation sites (tertiary alicyclic amines) is 1. The van der Waals surface area contributed by atoms with Crippen molar-refractivity contribution in [3.05, 3.63) is 71.8 Å². The summed E-state index contributed by atoms with van der Waals surface area (Å²) < 4.78 is 10.2. The van der Waals surface area contributed by atoms with E-state index in [-0.39, 0.29) is 25.2 Å². The van der Waals surface area contributed by atoms with Crippen LogP contribution < -0.4 is 0 Å². The molecule has 0 atom stereocenters. The first-order chi connectivity index (χ1) is 14.1. The zero-order valence-electron chi connectivity index (χ0n) is 17.1. The number of esters is 2. The van der Waals surface area contributed by atoms with Gasteiger partial charge in [0.25, 0.3) is 0 Å². The van der Waals surface area contributed by atoms with E-state index in [1.165, 1.54) is 11.1 Å². The van der Waals surface area contributed by atoms with Gasteiger partial charge in [0.05, 0.1) is 19.3 Å². The molecule has 0 spiro atoms. The monoisotopic (exact) mass is 395 g/mol. The second kappa shape index (κ2) is 10.2. The van der Waals surface area contributed by atoms with Crippen molar-refractivity contribution in [2.45, 2.75) is 26.3 Å². The van der Waals surface area contributed by atoms with Crippen LogP contribution in [0.4, 0.5) is 0 Å². The molecular weight excluding hydrogens is 366 g/mol. The van der Waals surface area contributed by atoms with E-state index in [0.717, 1.165) is 13.1 Å². The largest absolute Gasteiger partial charge is 0.465 e. The molecule has 3 rings (SSSR count). The fraction of sp³-hybridized carbons (Fsp3) is 0.417. The molecule has 0 N–H and O–H groups in total. The first kappa shape index (κ1) is 21.1. The van der Waals surface area contributed by atoms with Crippen LogP contribution in [0.3, 0.4) is 0 Å². The van der Waals surface area contributed by atoms with Crippen LogP contribution in [0.15, 0.2) is 60.7 Å². The number of ether oxygens (including phenoxy) is 2. The molecule has 0 aliphatic carbocycles. The molecule has 0 saturated carbocycles. The zero-order valence-corrected chi connectivity index (χ0v) is 17.1. The summed E-state index contributed by atoms with van der Waals surface area (Å²) in [4.78, 5) is 26.9. The van der Waals surface area contributed by atoms with Gasteiger partial charge in [0.2, 0.25) is 0 Å². The summed E-state index contributed by atoms with van der Waals surface area (Å²) in [7, 11) is 0. The van der Waals surface area contributed by atoms with E-state index in [4.69, 9.17) is 9.47 Å². The number of benzene rings is 2. The Balaban J connectivity index is 1.69. The third kappa shape index (κ3) is 5.24. The minimum absolute atomic E-state index is 0.164. The first-order valence-electron chi connectivity index (χ1n) is 10.3. The van der Waals surface area contributed by atoms with Gasteiger partial charge in [-0.05, 0) is 37.3 Å². The van der Waals surface area contributed by atoms with Gasteiger partial charge in [-0.3, -0.25) is 14.5 Å². The molecule has 0 unspecified atom stereocenters. The number of hydrogen-bond acceptors (Lipinski definition) is 5. The predicted molar refractivity (Wildman–Crippen MR) is 111 cm³/mol. The Hall–Kier alpha value is -2.66. The van der Waals surface area contributed by atoms with Gasteiger partial charge in [-0.1, -0.05) is 60.7 Å².